The summed E-state index contributed by atoms with van der Waals surface area (Å²) in [5, 5.41) is 10.2. The molecule has 2 N–H and O–H groups in total. The Morgan fingerprint density at radius 3 is 2.21 bits per heavy atom. The Hall–Kier alpha value is -3.27. The lowest BCUT2D eigenvalue weighted by Crippen LogP contribution is -2.43. The highest BCUT2D eigenvalue weighted by Gasteiger charge is 2.28. The van der Waals surface area contributed by atoms with E-state index in [1.54, 1.807) is 49.9 Å². The second-order valence-electron chi connectivity index (χ2n) is 7.97. The van der Waals surface area contributed by atoms with Crippen LogP contribution in [0.15, 0.2) is 24.3 Å². The van der Waals surface area contributed by atoms with Crippen LogP contribution in [0.2, 0.25) is 0 Å². The lowest BCUT2D eigenvalue weighted by Gasteiger charge is -2.33. The molecule has 10 nitrogen and oxygen atoms in total. The number of carbonyl (C=O) groups excluding carboxylic acids is 4. The second kappa shape index (κ2) is 13.4. The molecule has 1 fully saturated rings. The smallest absolute Gasteiger partial charge is 0.412 e. The van der Waals surface area contributed by atoms with E-state index in [0.717, 1.165) is 0 Å². The molecule has 1 aliphatic heterocycles. The molecule has 1 heterocycles. The highest BCUT2D eigenvalue weighted by molar-refractivity contribution is 6.05. The van der Waals surface area contributed by atoms with Gasteiger partial charge in [0.2, 0.25) is 5.91 Å². The summed E-state index contributed by atoms with van der Waals surface area (Å²) in [5.41, 5.74) is 0.861. The van der Waals surface area contributed by atoms with Crippen LogP contribution in [0.25, 0.3) is 0 Å². The van der Waals surface area contributed by atoms with E-state index in [4.69, 9.17) is 19.6 Å². The number of benzene rings is 1. The van der Waals surface area contributed by atoms with Crippen molar-refractivity contribution in [3.8, 4) is 0 Å². The number of carbonyl (C=O) groups is 4. The lowest BCUT2D eigenvalue weighted by atomic mass is 9.96. The lowest BCUT2D eigenvalue weighted by molar-refractivity contribution is -0.152. The van der Waals surface area contributed by atoms with Gasteiger partial charge in [0.15, 0.2) is 5.78 Å². The van der Waals surface area contributed by atoms with E-state index in [2.05, 4.69) is 5.32 Å². The Labute approximate surface area is 199 Å². The molecule has 1 saturated heterocycles. The number of piperidine rings is 1. The van der Waals surface area contributed by atoms with Gasteiger partial charge in [-0.25, -0.2) is 9.59 Å². The number of amidine groups is 1. The van der Waals surface area contributed by atoms with E-state index in [0.29, 0.717) is 43.7 Å². The monoisotopic (exact) mass is 475 g/mol. The van der Waals surface area contributed by atoms with Crippen molar-refractivity contribution in [2.75, 3.05) is 32.9 Å². The van der Waals surface area contributed by atoms with Crippen LogP contribution < -0.4 is 5.32 Å². The maximum absolute atomic E-state index is 12.8. The molecule has 0 bridgehead atoms. The molecule has 0 radical (unpaired) electrons. The van der Waals surface area contributed by atoms with Gasteiger partial charge in [-0.1, -0.05) is 31.2 Å². The number of ether oxygens (including phenoxy) is 3. The van der Waals surface area contributed by atoms with Crippen LogP contribution in [0.4, 0.5) is 4.79 Å². The average Bonchev–Trinajstić information content (AvgIpc) is 2.83. The average molecular weight is 476 g/mol. The van der Waals surface area contributed by atoms with Gasteiger partial charge in [0, 0.05) is 36.6 Å². The Balaban J connectivity index is 1.80. The van der Waals surface area contributed by atoms with Gasteiger partial charge in [0.25, 0.3) is 0 Å². The van der Waals surface area contributed by atoms with Gasteiger partial charge in [-0.05, 0) is 26.7 Å². The third-order valence-electron chi connectivity index (χ3n) is 5.41. The number of ketones is 1. The quantitative estimate of drug-likeness (QED) is 0.230. The molecule has 0 spiro atoms. The minimum Gasteiger partial charge on any atom is -0.464 e. The molecule has 186 valence electrons. The second-order valence-corrected chi connectivity index (χ2v) is 7.97. The van der Waals surface area contributed by atoms with Crippen molar-refractivity contribution in [2.45, 2.75) is 46.1 Å². The van der Waals surface area contributed by atoms with E-state index >= 15 is 0 Å². The van der Waals surface area contributed by atoms with Crippen molar-refractivity contribution in [1.29, 1.82) is 5.41 Å². The number of hydrogen-bond acceptors (Lipinski definition) is 8. The van der Waals surface area contributed by atoms with E-state index in [9.17, 15) is 19.2 Å². The van der Waals surface area contributed by atoms with Gasteiger partial charge in [0.1, 0.15) is 12.4 Å². The van der Waals surface area contributed by atoms with Crippen LogP contribution in [0.5, 0.6) is 0 Å². The molecule has 1 aromatic carbocycles. The van der Waals surface area contributed by atoms with Gasteiger partial charge in [-0.3, -0.25) is 20.3 Å². The van der Waals surface area contributed by atoms with Crippen molar-refractivity contribution in [1.82, 2.24) is 10.2 Å². The number of rotatable bonds is 10. The Morgan fingerprint density at radius 2 is 1.62 bits per heavy atom. The number of esters is 1. The Morgan fingerprint density at radius 1 is 1.03 bits per heavy atom. The zero-order chi connectivity index (χ0) is 25.1. The molecule has 10 heteroatoms. The predicted molar refractivity (Wildman–Crippen MR) is 124 cm³/mol. The maximum atomic E-state index is 12.8. The largest absolute Gasteiger partial charge is 0.464 e. The molecule has 0 aliphatic carbocycles. The van der Waals surface area contributed by atoms with Crippen LogP contribution in [-0.4, -0.2) is 73.5 Å². The minimum absolute atomic E-state index is 0.0655. The molecule has 2 amide bonds. The van der Waals surface area contributed by atoms with Crippen molar-refractivity contribution in [3.05, 3.63) is 35.4 Å². The van der Waals surface area contributed by atoms with E-state index in [1.807, 2.05) is 0 Å². The standard InChI is InChI=1S/C24H33N3O7/c1-4-32-21(29)15-34-19-10-12-27(13-11-19)23(30)16(3)14-20(28)17-6-8-18(9-7-17)22(25)26-24(31)33-5-2/h6-9,16,19H,4-5,10-15H2,1-3H3,(H2,25,26,31)/t16-/m1/s1. The Bertz CT molecular complexity index is 877. The third-order valence-corrected chi connectivity index (χ3v) is 5.41. The summed E-state index contributed by atoms with van der Waals surface area (Å²) in [7, 11) is 0. The van der Waals surface area contributed by atoms with Gasteiger partial charge < -0.3 is 19.1 Å². The summed E-state index contributed by atoms with van der Waals surface area (Å²) >= 11 is 0. The van der Waals surface area contributed by atoms with Crippen LogP contribution in [-0.2, 0) is 23.8 Å². The molecule has 0 aromatic heterocycles. The highest BCUT2D eigenvalue weighted by Crippen LogP contribution is 2.19. The number of nitrogens with one attached hydrogen (secondary N) is 2. The number of amides is 2. The van der Waals surface area contributed by atoms with Crippen molar-refractivity contribution in [2.24, 2.45) is 5.92 Å². The zero-order valence-electron chi connectivity index (χ0n) is 19.9. The minimum atomic E-state index is -0.713. The molecule has 1 atom stereocenters. The predicted octanol–water partition coefficient (Wildman–Crippen LogP) is 2.54. The fraction of sp³-hybridized carbons (Fsp3) is 0.542. The maximum Gasteiger partial charge on any atom is 0.412 e. The van der Waals surface area contributed by atoms with Crippen molar-refractivity contribution in [3.63, 3.8) is 0 Å². The number of Topliss-reactive ketones (excluding diaryl/α,β-unsaturated/α-hetero) is 1. The first-order valence-electron chi connectivity index (χ1n) is 11.5. The topological polar surface area (TPSA) is 135 Å². The fourth-order valence-electron chi connectivity index (χ4n) is 3.59. The van der Waals surface area contributed by atoms with Gasteiger partial charge in [-0.15, -0.1) is 0 Å². The normalized spacial score (nSPS) is 14.7. The highest BCUT2D eigenvalue weighted by atomic mass is 16.6. The molecule has 0 unspecified atom stereocenters. The van der Waals surface area contributed by atoms with Crippen LogP contribution in [0, 0.1) is 11.3 Å². The summed E-state index contributed by atoms with van der Waals surface area (Å²) in [6.07, 6.45) is 0.504. The molecular weight excluding hydrogens is 442 g/mol. The number of hydrogen-bond donors (Lipinski definition) is 2. The first-order chi connectivity index (χ1) is 16.2. The molecule has 34 heavy (non-hydrogen) atoms. The first-order valence-corrected chi connectivity index (χ1v) is 11.5. The van der Waals surface area contributed by atoms with Gasteiger partial charge >= 0.3 is 12.1 Å². The summed E-state index contributed by atoms with van der Waals surface area (Å²) < 4.78 is 15.1. The molecule has 2 rings (SSSR count). The Kier molecular flexibility index (Phi) is 10.7. The fourth-order valence-corrected chi connectivity index (χ4v) is 3.59. The first kappa shape index (κ1) is 27.0. The summed E-state index contributed by atoms with van der Waals surface area (Å²) in [6, 6.07) is 6.27. The van der Waals surface area contributed by atoms with Crippen LogP contribution in [0.3, 0.4) is 0 Å². The van der Waals surface area contributed by atoms with Crippen LogP contribution >= 0.6 is 0 Å². The third kappa shape index (κ3) is 8.26. The number of nitrogens with zero attached hydrogens (tertiary/aromatic N) is 1. The summed E-state index contributed by atoms with van der Waals surface area (Å²) in [6.45, 7) is 6.58. The summed E-state index contributed by atoms with van der Waals surface area (Å²) in [4.78, 5) is 50.0. The van der Waals surface area contributed by atoms with Crippen LogP contribution in [0.1, 0.15) is 56.0 Å². The number of likely N-dealkylation sites (tertiary alicyclic amines) is 1. The van der Waals surface area contributed by atoms with Gasteiger partial charge in [0.05, 0.1) is 19.3 Å². The summed E-state index contributed by atoms with van der Waals surface area (Å²) in [5.74, 6) is -1.27. The SMILES string of the molecule is CCOC(=O)COC1CCN(C(=O)[C@H](C)CC(=O)c2ccc(C(=N)NC(=O)OCC)cc2)CC1. The molecule has 1 aromatic rings. The molecule has 1 aliphatic rings. The van der Waals surface area contributed by atoms with E-state index < -0.39 is 18.0 Å². The van der Waals surface area contributed by atoms with Gasteiger partial charge in [-0.2, -0.15) is 0 Å². The van der Waals surface area contributed by atoms with Crippen molar-refractivity contribution >= 4 is 29.6 Å². The van der Waals surface area contributed by atoms with E-state index in [-0.39, 0.29) is 43.3 Å². The van der Waals surface area contributed by atoms with Crippen molar-refractivity contribution < 1.29 is 33.4 Å². The molecule has 0 saturated carbocycles. The zero-order valence-corrected chi connectivity index (χ0v) is 19.9. The molecular formula is C24H33N3O7. The van der Waals surface area contributed by atoms with E-state index in [1.165, 1.54) is 0 Å². The number of alkyl carbamates (subject to hydrolysis) is 1.